The molecule has 0 fully saturated rings. The third-order valence-corrected chi connectivity index (χ3v) is 3.55. The van der Waals surface area contributed by atoms with Gasteiger partial charge < -0.3 is 0 Å². The van der Waals surface area contributed by atoms with E-state index in [-0.39, 0.29) is 5.91 Å². The number of imidazole rings is 1. The zero-order valence-electron chi connectivity index (χ0n) is 12.1. The number of anilines is 1. The fourth-order valence-corrected chi connectivity index (χ4v) is 2.50. The average Bonchev–Trinajstić information content (AvgIpc) is 3.23. The normalized spacial score (nSPS) is 10.8. The molecule has 0 aliphatic carbocycles. The van der Waals surface area contributed by atoms with Gasteiger partial charge in [0.2, 0.25) is 5.95 Å². The van der Waals surface area contributed by atoms with Gasteiger partial charge in [0.25, 0.3) is 5.91 Å². The fourth-order valence-electron chi connectivity index (χ4n) is 2.50. The third-order valence-electron chi connectivity index (χ3n) is 3.55. The molecule has 6 nitrogen and oxygen atoms in total. The first kappa shape index (κ1) is 13.3. The van der Waals surface area contributed by atoms with Crippen LogP contribution in [-0.2, 0) is 0 Å². The van der Waals surface area contributed by atoms with Gasteiger partial charge in [0.05, 0.1) is 11.0 Å². The van der Waals surface area contributed by atoms with E-state index in [1.54, 1.807) is 6.07 Å². The lowest BCUT2D eigenvalue weighted by atomic mass is 10.3. The Morgan fingerprint density at radius 3 is 2.57 bits per heavy atom. The second kappa shape index (κ2) is 5.42. The van der Waals surface area contributed by atoms with E-state index in [0.29, 0.717) is 11.6 Å². The number of nitrogens with zero attached hydrogens (tertiary/aromatic N) is 3. The van der Waals surface area contributed by atoms with E-state index in [4.69, 9.17) is 0 Å². The van der Waals surface area contributed by atoms with Crippen LogP contribution >= 0.6 is 0 Å². The number of para-hydroxylation sites is 3. The lowest BCUT2D eigenvalue weighted by molar-refractivity contribution is 0.102. The largest absolute Gasteiger partial charge is 0.290 e. The summed E-state index contributed by atoms with van der Waals surface area (Å²) in [5.74, 6) is 0.187. The van der Waals surface area contributed by atoms with Gasteiger partial charge in [-0.15, -0.1) is 0 Å². The predicted octanol–water partition coefficient (Wildman–Crippen LogP) is 3.00. The number of aromatic amines is 1. The second-order valence-corrected chi connectivity index (χ2v) is 5.02. The quantitative estimate of drug-likeness (QED) is 0.611. The Kier molecular flexibility index (Phi) is 3.12. The summed E-state index contributed by atoms with van der Waals surface area (Å²) in [6, 6.07) is 19.2. The molecule has 0 saturated heterocycles. The number of carbonyl (C=O) groups excluding carboxylic acids is 1. The van der Waals surface area contributed by atoms with Crippen molar-refractivity contribution in [2.24, 2.45) is 0 Å². The first-order valence-corrected chi connectivity index (χ1v) is 7.16. The molecule has 2 aromatic heterocycles. The first-order chi connectivity index (χ1) is 11.3. The zero-order valence-corrected chi connectivity index (χ0v) is 12.1. The van der Waals surface area contributed by atoms with Gasteiger partial charge >= 0.3 is 0 Å². The summed E-state index contributed by atoms with van der Waals surface area (Å²) in [4.78, 5) is 16.8. The molecule has 2 heterocycles. The molecule has 4 rings (SSSR count). The van der Waals surface area contributed by atoms with Crippen molar-refractivity contribution in [3.05, 3.63) is 72.6 Å². The summed E-state index contributed by atoms with van der Waals surface area (Å²) in [5.41, 5.74) is 3.06. The Morgan fingerprint density at radius 2 is 1.78 bits per heavy atom. The monoisotopic (exact) mass is 303 g/mol. The summed E-state index contributed by atoms with van der Waals surface area (Å²) in [6.45, 7) is 0. The Bertz CT molecular complexity index is 957. The van der Waals surface area contributed by atoms with Crippen LogP contribution < -0.4 is 5.32 Å². The summed E-state index contributed by atoms with van der Waals surface area (Å²) < 4.78 is 1.92. The third kappa shape index (κ3) is 2.36. The number of hydrogen-bond donors (Lipinski definition) is 2. The number of rotatable bonds is 3. The highest BCUT2D eigenvalue weighted by Crippen LogP contribution is 2.24. The van der Waals surface area contributed by atoms with Crippen molar-refractivity contribution in [1.82, 2.24) is 19.7 Å². The molecule has 23 heavy (non-hydrogen) atoms. The number of nitrogens with one attached hydrogen (secondary N) is 2. The molecule has 0 aliphatic heterocycles. The van der Waals surface area contributed by atoms with Crippen LogP contribution in [0.25, 0.3) is 16.7 Å². The molecule has 4 aromatic rings. The van der Waals surface area contributed by atoms with E-state index in [1.807, 2.05) is 59.2 Å². The molecule has 0 spiro atoms. The Labute approximate surface area is 131 Å². The van der Waals surface area contributed by atoms with Gasteiger partial charge in [0.15, 0.2) is 0 Å². The predicted molar refractivity (Wildman–Crippen MR) is 87.6 cm³/mol. The Balaban J connectivity index is 1.84. The van der Waals surface area contributed by atoms with Crippen LogP contribution in [0, 0.1) is 0 Å². The zero-order chi connectivity index (χ0) is 15.6. The van der Waals surface area contributed by atoms with Gasteiger partial charge in [-0.3, -0.25) is 19.8 Å². The Morgan fingerprint density at radius 1 is 1.00 bits per heavy atom. The molecule has 1 amide bonds. The van der Waals surface area contributed by atoms with Gasteiger partial charge in [-0.1, -0.05) is 30.3 Å². The number of aromatic nitrogens is 4. The molecule has 0 radical (unpaired) electrons. The van der Waals surface area contributed by atoms with Crippen LogP contribution in [-0.4, -0.2) is 25.7 Å². The van der Waals surface area contributed by atoms with Crippen molar-refractivity contribution in [3.8, 4) is 5.69 Å². The second-order valence-electron chi connectivity index (χ2n) is 5.02. The summed E-state index contributed by atoms with van der Waals surface area (Å²) in [5, 5.41) is 9.29. The molecule has 2 aromatic carbocycles. The maximum absolute atomic E-state index is 12.3. The summed E-state index contributed by atoms with van der Waals surface area (Å²) >= 11 is 0. The maximum atomic E-state index is 12.3. The van der Waals surface area contributed by atoms with Crippen molar-refractivity contribution in [1.29, 1.82) is 0 Å². The maximum Gasteiger partial charge on any atom is 0.275 e. The number of carbonyl (C=O) groups is 1. The number of benzene rings is 2. The van der Waals surface area contributed by atoms with Gasteiger partial charge in [0.1, 0.15) is 5.69 Å². The topological polar surface area (TPSA) is 75.6 Å². The van der Waals surface area contributed by atoms with Crippen LogP contribution in [0.1, 0.15) is 10.5 Å². The van der Waals surface area contributed by atoms with E-state index < -0.39 is 0 Å². The molecule has 0 unspecified atom stereocenters. The molecule has 112 valence electrons. The summed E-state index contributed by atoms with van der Waals surface area (Å²) in [7, 11) is 0. The highest BCUT2D eigenvalue weighted by atomic mass is 16.2. The fraction of sp³-hybridized carbons (Fsp3) is 0. The number of fused-ring (bicyclic) bond motifs is 1. The molecule has 0 saturated carbocycles. The highest BCUT2D eigenvalue weighted by molar-refractivity contribution is 6.03. The molecule has 0 bridgehead atoms. The summed E-state index contributed by atoms with van der Waals surface area (Å²) in [6.07, 6.45) is 1.54. The smallest absolute Gasteiger partial charge is 0.275 e. The van der Waals surface area contributed by atoms with Gasteiger partial charge in [-0.05, 0) is 30.3 Å². The first-order valence-electron chi connectivity index (χ1n) is 7.16. The lowest BCUT2D eigenvalue weighted by Crippen LogP contribution is -2.16. The van der Waals surface area contributed by atoms with Crippen LogP contribution in [0.2, 0.25) is 0 Å². The van der Waals surface area contributed by atoms with Crippen LogP contribution in [0.4, 0.5) is 5.95 Å². The molecular formula is C17H13N5O. The van der Waals surface area contributed by atoms with E-state index >= 15 is 0 Å². The number of H-pyrrole nitrogens is 1. The van der Waals surface area contributed by atoms with E-state index in [2.05, 4.69) is 20.5 Å². The van der Waals surface area contributed by atoms with E-state index in [1.165, 1.54) is 6.20 Å². The number of hydrogen-bond acceptors (Lipinski definition) is 3. The lowest BCUT2D eigenvalue weighted by Gasteiger charge is -2.09. The minimum atomic E-state index is -0.282. The standard InChI is InChI=1S/C17H13N5O/c23-16(14-10-11-18-21-14)20-17-19-13-8-4-5-9-15(13)22(17)12-6-2-1-3-7-12/h1-11H,(H,18,21)(H,19,20,23). The van der Waals surface area contributed by atoms with Gasteiger partial charge in [-0.2, -0.15) is 5.10 Å². The van der Waals surface area contributed by atoms with Crippen molar-refractivity contribution >= 4 is 22.9 Å². The van der Waals surface area contributed by atoms with Gasteiger partial charge in [0, 0.05) is 11.9 Å². The van der Waals surface area contributed by atoms with E-state index in [9.17, 15) is 4.79 Å². The average molecular weight is 303 g/mol. The SMILES string of the molecule is O=C(Nc1nc2ccccc2n1-c1ccccc1)c1ccn[nH]1. The minimum absolute atomic E-state index is 0.282. The van der Waals surface area contributed by atoms with Crippen molar-refractivity contribution in [2.75, 3.05) is 5.32 Å². The number of amides is 1. The van der Waals surface area contributed by atoms with Crippen molar-refractivity contribution in [3.63, 3.8) is 0 Å². The molecule has 2 N–H and O–H groups in total. The van der Waals surface area contributed by atoms with Crippen molar-refractivity contribution in [2.45, 2.75) is 0 Å². The molecule has 0 atom stereocenters. The molecule has 6 heteroatoms. The van der Waals surface area contributed by atoms with Gasteiger partial charge in [-0.25, -0.2) is 4.98 Å². The molecule has 0 aliphatic rings. The van der Waals surface area contributed by atoms with Crippen LogP contribution in [0.5, 0.6) is 0 Å². The highest BCUT2D eigenvalue weighted by Gasteiger charge is 2.15. The van der Waals surface area contributed by atoms with Crippen LogP contribution in [0.3, 0.4) is 0 Å². The molecular weight excluding hydrogens is 290 g/mol. The van der Waals surface area contributed by atoms with Crippen molar-refractivity contribution < 1.29 is 4.79 Å². The minimum Gasteiger partial charge on any atom is -0.290 e. The van der Waals surface area contributed by atoms with Crippen LogP contribution in [0.15, 0.2) is 66.9 Å². The van der Waals surface area contributed by atoms with E-state index in [0.717, 1.165) is 16.7 Å². The Hall–Kier alpha value is -3.41.